The molecule has 0 saturated heterocycles. The Kier molecular flexibility index (Phi) is 2.45. The van der Waals surface area contributed by atoms with Gasteiger partial charge in [0.15, 0.2) is 0 Å². The van der Waals surface area contributed by atoms with Crippen LogP contribution in [-0.2, 0) is 6.42 Å². The van der Waals surface area contributed by atoms with E-state index >= 15 is 0 Å². The highest BCUT2D eigenvalue weighted by atomic mass is 35.5. The van der Waals surface area contributed by atoms with Crippen molar-refractivity contribution in [3.63, 3.8) is 0 Å². The second-order valence-corrected chi connectivity index (χ2v) is 4.34. The van der Waals surface area contributed by atoms with Gasteiger partial charge in [-0.3, -0.25) is 0 Å². The van der Waals surface area contributed by atoms with Crippen LogP contribution in [0.2, 0.25) is 5.02 Å². The Hall–Kier alpha value is -1.04. The van der Waals surface area contributed by atoms with Crippen LogP contribution >= 0.6 is 22.9 Å². The van der Waals surface area contributed by atoms with Gasteiger partial charge in [-0.25, -0.2) is 0 Å². The fraction of sp³-hybridized carbons (Fsp3) is 0.182. The number of benzene rings is 1. The summed E-state index contributed by atoms with van der Waals surface area (Å²) in [5.74, 6) is 0. The molecule has 0 aliphatic rings. The normalized spacial score (nSPS) is 10.4. The maximum atomic E-state index is 8.97. The molecule has 2 rings (SSSR count). The van der Waals surface area contributed by atoms with Gasteiger partial charge in [-0.1, -0.05) is 18.5 Å². The quantitative estimate of drug-likeness (QED) is 0.715. The molecule has 0 aliphatic carbocycles. The molecule has 0 unspecified atom stereocenters. The van der Waals surface area contributed by atoms with Crippen LogP contribution in [0, 0.1) is 11.3 Å². The minimum Gasteiger partial charge on any atom is -0.192 e. The zero-order chi connectivity index (χ0) is 10.1. The molecule has 0 aliphatic heterocycles. The maximum Gasteiger partial charge on any atom is 0.0995 e. The number of nitriles is 1. The fourth-order valence-corrected chi connectivity index (χ4v) is 2.96. The van der Waals surface area contributed by atoms with E-state index in [4.69, 9.17) is 16.9 Å². The lowest BCUT2D eigenvalue weighted by molar-refractivity contribution is 1.15. The molecular formula is C11H8ClNS. The summed E-state index contributed by atoms with van der Waals surface area (Å²) >= 11 is 7.71. The predicted octanol–water partition coefficient (Wildman–Crippen LogP) is 3.99. The largest absolute Gasteiger partial charge is 0.192 e. The number of hydrogen-bond donors (Lipinski definition) is 0. The van der Waals surface area contributed by atoms with E-state index in [1.54, 1.807) is 17.4 Å². The van der Waals surface area contributed by atoms with Crippen molar-refractivity contribution in [3.05, 3.63) is 33.7 Å². The lowest BCUT2D eigenvalue weighted by atomic mass is 10.0. The van der Waals surface area contributed by atoms with Crippen molar-refractivity contribution >= 4 is 33.0 Å². The van der Waals surface area contributed by atoms with Gasteiger partial charge in [0.25, 0.3) is 0 Å². The zero-order valence-electron chi connectivity index (χ0n) is 7.67. The van der Waals surface area contributed by atoms with Gasteiger partial charge in [-0.2, -0.15) is 5.26 Å². The SMILES string of the molecule is CCc1c(C#N)cc(Cl)c2ccsc12. The second-order valence-electron chi connectivity index (χ2n) is 3.01. The van der Waals surface area contributed by atoms with Crippen molar-refractivity contribution in [2.45, 2.75) is 13.3 Å². The Morgan fingerprint density at radius 1 is 1.57 bits per heavy atom. The molecule has 0 amide bonds. The predicted molar refractivity (Wildman–Crippen MR) is 60.9 cm³/mol. The van der Waals surface area contributed by atoms with Gasteiger partial charge in [0, 0.05) is 10.1 Å². The summed E-state index contributed by atoms with van der Waals surface area (Å²) in [7, 11) is 0. The van der Waals surface area contributed by atoms with Crippen molar-refractivity contribution in [3.8, 4) is 6.07 Å². The molecule has 0 spiro atoms. The van der Waals surface area contributed by atoms with Gasteiger partial charge in [0.1, 0.15) is 0 Å². The topological polar surface area (TPSA) is 23.8 Å². The van der Waals surface area contributed by atoms with Crippen molar-refractivity contribution < 1.29 is 0 Å². The number of thiophene rings is 1. The van der Waals surface area contributed by atoms with Crippen molar-refractivity contribution in [1.29, 1.82) is 5.26 Å². The minimum absolute atomic E-state index is 0.676. The molecule has 70 valence electrons. The molecular weight excluding hydrogens is 214 g/mol. The molecule has 0 N–H and O–H groups in total. The van der Waals surface area contributed by atoms with E-state index in [0.717, 1.165) is 22.1 Å². The second kappa shape index (κ2) is 3.61. The van der Waals surface area contributed by atoms with Crippen molar-refractivity contribution in [2.24, 2.45) is 0 Å². The van der Waals surface area contributed by atoms with Gasteiger partial charge < -0.3 is 0 Å². The van der Waals surface area contributed by atoms with Crippen LogP contribution in [0.1, 0.15) is 18.1 Å². The molecule has 0 bridgehead atoms. The molecule has 1 heterocycles. The van der Waals surface area contributed by atoms with E-state index in [-0.39, 0.29) is 0 Å². The number of nitrogens with zero attached hydrogens (tertiary/aromatic N) is 1. The van der Waals surface area contributed by atoms with Crippen molar-refractivity contribution in [1.82, 2.24) is 0 Å². The van der Waals surface area contributed by atoms with Crippen LogP contribution < -0.4 is 0 Å². The lowest BCUT2D eigenvalue weighted by Gasteiger charge is -2.03. The molecule has 3 heteroatoms. The Labute approximate surface area is 91.5 Å². The van der Waals surface area contributed by atoms with Crippen LogP contribution in [0.3, 0.4) is 0 Å². The summed E-state index contributed by atoms with van der Waals surface area (Å²) in [5.41, 5.74) is 1.81. The van der Waals surface area contributed by atoms with E-state index in [1.165, 1.54) is 0 Å². The third-order valence-electron chi connectivity index (χ3n) is 2.27. The summed E-state index contributed by atoms with van der Waals surface area (Å²) < 4.78 is 1.15. The molecule has 1 aromatic heterocycles. The van der Waals surface area contributed by atoms with Gasteiger partial charge in [-0.15, -0.1) is 11.3 Å². The highest BCUT2D eigenvalue weighted by Gasteiger charge is 2.10. The first-order valence-electron chi connectivity index (χ1n) is 4.36. The maximum absolute atomic E-state index is 8.97. The van der Waals surface area contributed by atoms with E-state index in [0.29, 0.717) is 10.6 Å². The lowest BCUT2D eigenvalue weighted by Crippen LogP contribution is -1.87. The van der Waals surface area contributed by atoms with Crippen LogP contribution in [-0.4, -0.2) is 0 Å². The molecule has 0 atom stereocenters. The van der Waals surface area contributed by atoms with Crippen LogP contribution in [0.25, 0.3) is 10.1 Å². The number of rotatable bonds is 1. The summed E-state index contributed by atoms with van der Waals surface area (Å²) in [6.07, 6.45) is 0.872. The van der Waals surface area contributed by atoms with Crippen LogP contribution in [0.15, 0.2) is 17.5 Å². The Morgan fingerprint density at radius 3 is 3.00 bits per heavy atom. The van der Waals surface area contributed by atoms with Crippen LogP contribution in [0.5, 0.6) is 0 Å². The highest BCUT2D eigenvalue weighted by molar-refractivity contribution is 7.17. The highest BCUT2D eigenvalue weighted by Crippen LogP contribution is 2.33. The Bertz CT molecular complexity index is 522. The summed E-state index contributed by atoms with van der Waals surface area (Å²) in [6, 6.07) is 5.95. The molecule has 14 heavy (non-hydrogen) atoms. The monoisotopic (exact) mass is 221 g/mol. The molecule has 2 aromatic rings. The summed E-state index contributed by atoms with van der Waals surface area (Å²) in [6.45, 7) is 2.06. The molecule has 0 saturated carbocycles. The molecule has 0 radical (unpaired) electrons. The smallest absolute Gasteiger partial charge is 0.0995 e. The first-order chi connectivity index (χ1) is 6.77. The summed E-state index contributed by atoms with van der Waals surface area (Å²) in [5, 5.41) is 12.7. The first-order valence-corrected chi connectivity index (χ1v) is 5.62. The van der Waals surface area contributed by atoms with Gasteiger partial charge in [-0.05, 0) is 29.5 Å². The molecule has 1 aromatic carbocycles. The first kappa shape index (κ1) is 9.51. The fourth-order valence-electron chi connectivity index (χ4n) is 1.60. The number of aryl methyl sites for hydroxylation is 1. The Balaban J connectivity index is 2.90. The van der Waals surface area contributed by atoms with E-state index in [2.05, 4.69) is 13.0 Å². The standard InChI is InChI=1S/C11H8ClNS/c1-2-8-7(6-13)5-10(12)9-3-4-14-11(8)9/h3-5H,2H2,1H3. The van der Waals surface area contributed by atoms with Gasteiger partial charge in [0.05, 0.1) is 16.7 Å². The average molecular weight is 222 g/mol. The molecule has 1 nitrogen and oxygen atoms in total. The van der Waals surface area contributed by atoms with Crippen molar-refractivity contribution in [2.75, 3.05) is 0 Å². The number of halogens is 1. The van der Waals surface area contributed by atoms with Crippen LogP contribution in [0.4, 0.5) is 0 Å². The third-order valence-corrected chi connectivity index (χ3v) is 3.55. The third kappa shape index (κ3) is 1.30. The van der Waals surface area contributed by atoms with E-state index in [9.17, 15) is 0 Å². The zero-order valence-corrected chi connectivity index (χ0v) is 9.25. The molecule has 0 fully saturated rings. The Morgan fingerprint density at radius 2 is 2.36 bits per heavy atom. The average Bonchev–Trinajstić information content (AvgIpc) is 2.66. The van der Waals surface area contributed by atoms with Gasteiger partial charge >= 0.3 is 0 Å². The van der Waals surface area contributed by atoms with Gasteiger partial charge in [0.2, 0.25) is 0 Å². The van der Waals surface area contributed by atoms with E-state index < -0.39 is 0 Å². The van der Waals surface area contributed by atoms with E-state index in [1.807, 2.05) is 11.4 Å². The minimum atomic E-state index is 0.676. The number of fused-ring (bicyclic) bond motifs is 1. The number of hydrogen-bond acceptors (Lipinski definition) is 2. The summed E-state index contributed by atoms with van der Waals surface area (Å²) in [4.78, 5) is 0.